The summed E-state index contributed by atoms with van der Waals surface area (Å²) in [5, 5.41) is 9.28. The second-order valence-electron chi connectivity index (χ2n) is 6.68. The molecule has 5 unspecified atom stereocenters. The fraction of sp³-hybridized carbons (Fsp3) is 0.526. The van der Waals surface area contributed by atoms with E-state index in [9.17, 15) is 5.26 Å². The van der Waals surface area contributed by atoms with Crippen molar-refractivity contribution in [3.8, 4) is 6.07 Å². The first-order chi connectivity index (χ1) is 9.88. The molecule has 0 amide bonds. The van der Waals surface area contributed by atoms with Crippen LogP contribution in [0, 0.1) is 40.9 Å². The van der Waals surface area contributed by atoms with Gasteiger partial charge in [-0.15, -0.1) is 0 Å². The van der Waals surface area contributed by atoms with Crippen molar-refractivity contribution in [3.63, 3.8) is 0 Å². The maximum Gasteiger partial charge on any atom is 0.0697 e. The third-order valence-corrected chi connectivity index (χ3v) is 5.79. The van der Waals surface area contributed by atoms with Crippen LogP contribution in [0.1, 0.15) is 32.1 Å². The van der Waals surface area contributed by atoms with Crippen LogP contribution in [0.15, 0.2) is 47.6 Å². The largest absolute Gasteiger partial charge is 0.198 e. The topological polar surface area (TPSA) is 23.8 Å². The molecule has 0 aromatic rings. The zero-order valence-electron chi connectivity index (χ0n) is 11.8. The van der Waals surface area contributed by atoms with Gasteiger partial charge in [0.05, 0.1) is 12.0 Å². The zero-order valence-corrected chi connectivity index (χ0v) is 11.8. The monoisotopic (exact) mass is 263 g/mol. The molecule has 1 saturated carbocycles. The van der Waals surface area contributed by atoms with Crippen LogP contribution < -0.4 is 0 Å². The van der Waals surface area contributed by atoms with Gasteiger partial charge in [-0.05, 0) is 55.8 Å². The summed E-state index contributed by atoms with van der Waals surface area (Å²) in [4.78, 5) is 0. The maximum atomic E-state index is 9.28. The Balaban J connectivity index is 1.79. The van der Waals surface area contributed by atoms with Crippen molar-refractivity contribution >= 4 is 0 Å². The van der Waals surface area contributed by atoms with Crippen molar-refractivity contribution in [2.24, 2.45) is 29.6 Å². The van der Waals surface area contributed by atoms with Crippen LogP contribution in [0.4, 0.5) is 0 Å². The highest BCUT2D eigenvalue weighted by Crippen LogP contribution is 2.55. The number of fused-ring (bicyclic) bond motifs is 6. The first-order valence-electron chi connectivity index (χ1n) is 8.01. The summed E-state index contributed by atoms with van der Waals surface area (Å²) < 4.78 is 0. The molecule has 0 bridgehead atoms. The molecular formula is C19H21N. The van der Waals surface area contributed by atoms with Gasteiger partial charge in [-0.25, -0.2) is 0 Å². The smallest absolute Gasteiger partial charge is 0.0697 e. The number of hydrogen-bond acceptors (Lipinski definition) is 1. The predicted molar refractivity (Wildman–Crippen MR) is 80.6 cm³/mol. The molecule has 0 aromatic heterocycles. The van der Waals surface area contributed by atoms with E-state index in [-0.39, 0.29) is 5.92 Å². The number of nitrogens with zero attached hydrogens (tertiary/aromatic N) is 1. The Labute approximate surface area is 121 Å². The Morgan fingerprint density at radius 2 is 1.55 bits per heavy atom. The summed E-state index contributed by atoms with van der Waals surface area (Å²) in [7, 11) is 0. The lowest BCUT2D eigenvalue weighted by Gasteiger charge is -2.49. The minimum absolute atomic E-state index is 0.164. The molecule has 0 saturated heterocycles. The number of rotatable bonds is 0. The minimum Gasteiger partial charge on any atom is -0.198 e. The molecule has 0 spiro atoms. The zero-order chi connectivity index (χ0) is 13.5. The van der Waals surface area contributed by atoms with Crippen molar-refractivity contribution in [2.45, 2.75) is 32.1 Å². The standard InChI is InChI=1S/C19H21N/c20-12-13-9-10-18-16-7-2-1-5-14(16)15-6-3-4-8-17(15)19(18)11-13/h1-5,11,13,15-18H,6-10H2. The Bertz CT molecular complexity index is 569. The summed E-state index contributed by atoms with van der Waals surface area (Å²) in [5.41, 5.74) is 3.34. The van der Waals surface area contributed by atoms with Crippen LogP contribution in [0.3, 0.4) is 0 Å². The highest BCUT2D eigenvalue weighted by molar-refractivity contribution is 5.38. The van der Waals surface area contributed by atoms with Crippen LogP contribution in [0.25, 0.3) is 0 Å². The minimum atomic E-state index is 0.164. The molecule has 1 nitrogen and oxygen atoms in total. The quantitative estimate of drug-likeness (QED) is 0.588. The molecule has 0 aromatic carbocycles. The van der Waals surface area contributed by atoms with Crippen LogP contribution in [0.2, 0.25) is 0 Å². The molecular weight excluding hydrogens is 242 g/mol. The van der Waals surface area contributed by atoms with E-state index in [1.54, 1.807) is 11.1 Å². The second-order valence-corrected chi connectivity index (χ2v) is 6.68. The number of hydrogen-bond donors (Lipinski definition) is 0. The van der Waals surface area contributed by atoms with Gasteiger partial charge < -0.3 is 0 Å². The Kier molecular flexibility index (Phi) is 2.91. The number of allylic oxidation sites excluding steroid dienone is 8. The summed E-state index contributed by atoms with van der Waals surface area (Å²) in [5.74, 6) is 2.98. The maximum absolute atomic E-state index is 9.28. The van der Waals surface area contributed by atoms with Crippen LogP contribution in [-0.2, 0) is 0 Å². The Morgan fingerprint density at radius 3 is 2.35 bits per heavy atom. The average Bonchev–Trinajstić information content (AvgIpc) is 2.54. The van der Waals surface area contributed by atoms with E-state index < -0.39 is 0 Å². The van der Waals surface area contributed by atoms with Crippen molar-refractivity contribution in [2.75, 3.05) is 0 Å². The van der Waals surface area contributed by atoms with E-state index in [2.05, 4.69) is 42.5 Å². The molecule has 4 rings (SSSR count). The van der Waals surface area contributed by atoms with E-state index in [1.165, 1.54) is 25.7 Å². The van der Waals surface area contributed by atoms with Gasteiger partial charge in [-0.1, -0.05) is 47.6 Å². The lowest BCUT2D eigenvalue weighted by atomic mass is 9.55. The predicted octanol–water partition coefficient (Wildman–Crippen LogP) is 4.56. The van der Waals surface area contributed by atoms with Gasteiger partial charge in [0.1, 0.15) is 0 Å². The first kappa shape index (κ1) is 12.2. The normalized spacial score (nSPS) is 41.6. The summed E-state index contributed by atoms with van der Waals surface area (Å²) in [6.45, 7) is 0. The van der Waals surface area contributed by atoms with Crippen molar-refractivity contribution in [1.29, 1.82) is 5.26 Å². The molecule has 0 aliphatic heterocycles. The third kappa shape index (κ3) is 1.74. The molecule has 20 heavy (non-hydrogen) atoms. The van der Waals surface area contributed by atoms with Gasteiger partial charge in [0, 0.05) is 0 Å². The lowest BCUT2D eigenvalue weighted by molar-refractivity contribution is 0.228. The van der Waals surface area contributed by atoms with Crippen molar-refractivity contribution in [3.05, 3.63) is 47.6 Å². The molecule has 0 heterocycles. The summed E-state index contributed by atoms with van der Waals surface area (Å²) >= 11 is 0. The molecule has 102 valence electrons. The fourth-order valence-electron chi connectivity index (χ4n) is 4.91. The third-order valence-electron chi connectivity index (χ3n) is 5.79. The molecule has 0 radical (unpaired) electrons. The van der Waals surface area contributed by atoms with E-state index in [0.717, 1.165) is 12.3 Å². The Hall–Kier alpha value is -1.55. The second kappa shape index (κ2) is 4.77. The van der Waals surface area contributed by atoms with Gasteiger partial charge in [0.2, 0.25) is 0 Å². The lowest BCUT2D eigenvalue weighted by Crippen LogP contribution is -2.39. The molecule has 4 aliphatic carbocycles. The van der Waals surface area contributed by atoms with E-state index in [4.69, 9.17) is 0 Å². The van der Waals surface area contributed by atoms with Crippen molar-refractivity contribution in [1.82, 2.24) is 0 Å². The average molecular weight is 263 g/mol. The van der Waals surface area contributed by atoms with Gasteiger partial charge in [-0.3, -0.25) is 0 Å². The SMILES string of the molecule is N#CC1C=C2C3CC=CCC3C3=CC=CCC3C2CC1. The van der Waals surface area contributed by atoms with Crippen LogP contribution in [0.5, 0.6) is 0 Å². The van der Waals surface area contributed by atoms with Gasteiger partial charge in [0.25, 0.3) is 0 Å². The van der Waals surface area contributed by atoms with E-state index in [1.807, 2.05) is 0 Å². The highest BCUT2D eigenvalue weighted by atomic mass is 14.5. The molecule has 1 fully saturated rings. The van der Waals surface area contributed by atoms with E-state index in [0.29, 0.717) is 17.8 Å². The van der Waals surface area contributed by atoms with Crippen LogP contribution in [-0.4, -0.2) is 0 Å². The van der Waals surface area contributed by atoms with Crippen molar-refractivity contribution < 1.29 is 0 Å². The first-order valence-corrected chi connectivity index (χ1v) is 8.01. The summed E-state index contributed by atoms with van der Waals surface area (Å²) in [6.07, 6.45) is 19.9. The molecule has 0 N–H and O–H groups in total. The molecule has 5 atom stereocenters. The number of nitriles is 1. The van der Waals surface area contributed by atoms with Crippen LogP contribution >= 0.6 is 0 Å². The van der Waals surface area contributed by atoms with Gasteiger partial charge in [-0.2, -0.15) is 5.26 Å². The van der Waals surface area contributed by atoms with E-state index >= 15 is 0 Å². The molecule has 4 aliphatic rings. The van der Waals surface area contributed by atoms with Gasteiger partial charge in [0.15, 0.2) is 0 Å². The Morgan fingerprint density at radius 1 is 0.850 bits per heavy atom. The highest BCUT2D eigenvalue weighted by Gasteiger charge is 2.44. The van der Waals surface area contributed by atoms with Gasteiger partial charge >= 0.3 is 0 Å². The summed E-state index contributed by atoms with van der Waals surface area (Å²) in [6, 6.07) is 2.48. The molecule has 1 heteroatoms. The fourth-order valence-corrected chi connectivity index (χ4v) is 4.91.